The van der Waals surface area contributed by atoms with Crippen LogP contribution < -0.4 is 5.32 Å². The second-order valence-corrected chi connectivity index (χ2v) is 8.59. The van der Waals surface area contributed by atoms with E-state index >= 15 is 0 Å². The van der Waals surface area contributed by atoms with Crippen molar-refractivity contribution >= 4 is 10.0 Å². The van der Waals surface area contributed by atoms with E-state index in [-0.39, 0.29) is 5.75 Å². The molecule has 0 aromatic carbocycles. The fourth-order valence-electron chi connectivity index (χ4n) is 3.11. The van der Waals surface area contributed by atoms with E-state index in [9.17, 15) is 13.5 Å². The summed E-state index contributed by atoms with van der Waals surface area (Å²) < 4.78 is 26.4. The lowest BCUT2D eigenvalue weighted by molar-refractivity contribution is 0.0465. The number of piperidine rings is 1. The topological polar surface area (TPSA) is 69.6 Å². The first kappa shape index (κ1) is 16.2. The van der Waals surface area contributed by atoms with Crippen molar-refractivity contribution in [3.05, 3.63) is 0 Å². The number of hydrogen-bond donors (Lipinski definition) is 2. The van der Waals surface area contributed by atoms with E-state index in [0.29, 0.717) is 38.4 Å². The average molecular weight is 304 g/mol. The molecule has 5 nitrogen and oxygen atoms in total. The normalized spacial score (nSPS) is 33.8. The molecule has 0 spiro atoms. The molecule has 2 atom stereocenters. The van der Waals surface area contributed by atoms with Crippen LogP contribution in [-0.4, -0.2) is 54.9 Å². The van der Waals surface area contributed by atoms with Crippen molar-refractivity contribution in [1.29, 1.82) is 0 Å². The zero-order valence-electron chi connectivity index (χ0n) is 12.5. The van der Waals surface area contributed by atoms with Crippen LogP contribution in [0.5, 0.6) is 0 Å². The maximum Gasteiger partial charge on any atom is 0.214 e. The third kappa shape index (κ3) is 4.69. The van der Waals surface area contributed by atoms with Crippen LogP contribution >= 0.6 is 0 Å². The molecule has 2 fully saturated rings. The third-order valence-electron chi connectivity index (χ3n) is 4.55. The van der Waals surface area contributed by atoms with Gasteiger partial charge in [-0.05, 0) is 52.0 Å². The first-order valence-electron chi connectivity index (χ1n) is 7.83. The van der Waals surface area contributed by atoms with Gasteiger partial charge in [-0.15, -0.1) is 0 Å². The molecule has 2 N–H and O–H groups in total. The van der Waals surface area contributed by atoms with E-state index in [1.807, 2.05) is 0 Å². The van der Waals surface area contributed by atoms with Crippen molar-refractivity contribution in [3.8, 4) is 0 Å². The Labute approximate surface area is 122 Å². The molecule has 0 aromatic rings. The van der Waals surface area contributed by atoms with E-state index in [4.69, 9.17) is 0 Å². The molecule has 0 amide bonds. The van der Waals surface area contributed by atoms with Crippen molar-refractivity contribution < 1.29 is 13.5 Å². The molecule has 2 aliphatic heterocycles. The first-order valence-corrected chi connectivity index (χ1v) is 9.44. The van der Waals surface area contributed by atoms with Crippen LogP contribution in [0, 0.1) is 0 Å². The summed E-state index contributed by atoms with van der Waals surface area (Å²) in [6.45, 7) is 3.82. The minimum atomic E-state index is -3.17. The van der Waals surface area contributed by atoms with E-state index in [2.05, 4.69) is 5.32 Å². The number of aliphatic hydroxyl groups is 1. The lowest BCUT2D eigenvalue weighted by atomic mass is 9.98. The molecule has 0 radical (unpaired) electrons. The van der Waals surface area contributed by atoms with Crippen molar-refractivity contribution in [3.63, 3.8) is 0 Å². The number of rotatable bonds is 4. The smallest absolute Gasteiger partial charge is 0.214 e. The lowest BCUT2D eigenvalue weighted by Crippen LogP contribution is -2.39. The predicted octanol–water partition coefficient (Wildman–Crippen LogP) is 1.09. The zero-order valence-corrected chi connectivity index (χ0v) is 13.3. The predicted molar refractivity (Wildman–Crippen MR) is 80.1 cm³/mol. The van der Waals surface area contributed by atoms with Crippen LogP contribution in [-0.2, 0) is 10.0 Å². The van der Waals surface area contributed by atoms with Crippen LogP contribution in [0.1, 0.15) is 51.9 Å². The van der Waals surface area contributed by atoms with Gasteiger partial charge in [0.2, 0.25) is 10.0 Å². The molecule has 0 aliphatic carbocycles. The summed E-state index contributed by atoms with van der Waals surface area (Å²) in [7, 11) is -3.17. The van der Waals surface area contributed by atoms with Crippen LogP contribution in [0.25, 0.3) is 0 Å². The second-order valence-electron chi connectivity index (χ2n) is 6.50. The minimum Gasteiger partial charge on any atom is -0.390 e. The van der Waals surface area contributed by atoms with Crippen molar-refractivity contribution in [2.24, 2.45) is 0 Å². The Morgan fingerprint density at radius 3 is 2.75 bits per heavy atom. The molecule has 0 bridgehead atoms. The molecule has 2 aliphatic rings. The SMILES string of the molecule is CC1(O)CCCN(S(=O)(=O)CCC2CCCCN2)CC1. The van der Waals surface area contributed by atoms with Crippen molar-refractivity contribution in [2.75, 3.05) is 25.4 Å². The summed E-state index contributed by atoms with van der Waals surface area (Å²) in [6.07, 6.45) is 6.15. The average Bonchev–Trinajstić information content (AvgIpc) is 2.59. The van der Waals surface area contributed by atoms with Gasteiger partial charge in [0.1, 0.15) is 0 Å². The minimum absolute atomic E-state index is 0.229. The van der Waals surface area contributed by atoms with Crippen LogP contribution in [0.4, 0.5) is 0 Å². The van der Waals surface area contributed by atoms with E-state index in [0.717, 1.165) is 19.4 Å². The largest absolute Gasteiger partial charge is 0.390 e. The lowest BCUT2D eigenvalue weighted by Gasteiger charge is -2.26. The molecular weight excluding hydrogens is 276 g/mol. The van der Waals surface area contributed by atoms with Gasteiger partial charge in [0.05, 0.1) is 11.4 Å². The van der Waals surface area contributed by atoms with Crippen LogP contribution in [0.15, 0.2) is 0 Å². The number of nitrogens with one attached hydrogen (secondary N) is 1. The Morgan fingerprint density at radius 2 is 2.05 bits per heavy atom. The molecule has 20 heavy (non-hydrogen) atoms. The summed E-state index contributed by atoms with van der Waals surface area (Å²) in [5, 5.41) is 13.4. The van der Waals surface area contributed by atoms with E-state index in [1.54, 1.807) is 11.2 Å². The van der Waals surface area contributed by atoms with Crippen molar-refractivity contribution in [2.45, 2.75) is 63.5 Å². The second kappa shape index (κ2) is 6.73. The van der Waals surface area contributed by atoms with Crippen molar-refractivity contribution in [1.82, 2.24) is 9.62 Å². The maximum absolute atomic E-state index is 12.4. The zero-order chi connectivity index (χ0) is 14.6. The third-order valence-corrected chi connectivity index (χ3v) is 6.46. The highest BCUT2D eigenvalue weighted by Gasteiger charge is 2.30. The first-order chi connectivity index (χ1) is 9.39. The Hall–Kier alpha value is -0.170. The van der Waals surface area contributed by atoms with Gasteiger partial charge in [-0.1, -0.05) is 6.42 Å². The summed E-state index contributed by atoms with van der Waals surface area (Å²) in [6, 6.07) is 0.355. The van der Waals surface area contributed by atoms with Gasteiger partial charge in [-0.2, -0.15) is 0 Å². The Morgan fingerprint density at radius 1 is 1.25 bits per heavy atom. The van der Waals surface area contributed by atoms with Gasteiger partial charge in [-0.3, -0.25) is 0 Å². The Bertz CT molecular complexity index is 403. The Kier molecular flexibility index (Phi) is 5.45. The fraction of sp³-hybridized carbons (Fsp3) is 1.00. The van der Waals surface area contributed by atoms with E-state index < -0.39 is 15.6 Å². The quantitative estimate of drug-likeness (QED) is 0.815. The highest BCUT2D eigenvalue weighted by Crippen LogP contribution is 2.23. The summed E-state index contributed by atoms with van der Waals surface area (Å²) in [4.78, 5) is 0. The van der Waals surface area contributed by atoms with Crippen LogP contribution in [0.2, 0.25) is 0 Å². The molecule has 2 heterocycles. The molecule has 6 heteroatoms. The standard InChI is InChI=1S/C14H28N2O3S/c1-14(17)7-4-10-16(11-8-14)20(18,19)12-6-13-5-2-3-9-15-13/h13,15,17H,2-12H2,1H3. The molecule has 0 saturated carbocycles. The van der Waals surface area contributed by atoms with Gasteiger partial charge < -0.3 is 10.4 Å². The molecule has 2 rings (SSSR count). The molecular formula is C14H28N2O3S. The van der Waals surface area contributed by atoms with Gasteiger partial charge in [0.25, 0.3) is 0 Å². The maximum atomic E-state index is 12.4. The highest BCUT2D eigenvalue weighted by atomic mass is 32.2. The van der Waals surface area contributed by atoms with Gasteiger partial charge in [0, 0.05) is 19.1 Å². The number of nitrogens with zero attached hydrogens (tertiary/aromatic N) is 1. The summed E-state index contributed by atoms with van der Waals surface area (Å²) >= 11 is 0. The Balaban J connectivity index is 1.85. The monoisotopic (exact) mass is 304 g/mol. The summed E-state index contributed by atoms with van der Waals surface area (Å²) in [5.41, 5.74) is -0.713. The number of sulfonamides is 1. The van der Waals surface area contributed by atoms with Gasteiger partial charge in [-0.25, -0.2) is 12.7 Å². The molecule has 2 unspecified atom stereocenters. The molecule has 2 saturated heterocycles. The van der Waals surface area contributed by atoms with Crippen LogP contribution in [0.3, 0.4) is 0 Å². The van der Waals surface area contributed by atoms with E-state index in [1.165, 1.54) is 12.8 Å². The van der Waals surface area contributed by atoms with Gasteiger partial charge in [0.15, 0.2) is 0 Å². The van der Waals surface area contributed by atoms with Gasteiger partial charge >= 0.3 is 0 Å². The highest BCUT2D eigenvalue weighted by molar-refractivity contribution is 7.89. The number of hydrogen-bond acceptors (Lipinski definition) is 4. The summed E-state index contributed by atoms with van der Waals surface area (Å²) in [5.74, 6) is 0.229. The molecule has 118 valence electrons. The fourth-order valence-corrected chi connectivity index (χ4v) is 4.72. The molecule has 0 aromatic heterocycles.